The van der Waals surface area contributed by atoms with Crippen molar-refractivity contribution in [1.29, 1.82) is 0 Å². The number of aliphatic imine (C=N–C) groups is 1. The number of aliphatic hydroxyl groups excluding tert-OH is 1. The van der Waals surface area contributed by atoms with E-state index in [1.165, 1.54) is 0 Å². The van der Waals surface area contributed by atoms with Gasteiger partial charge in [0.25, 0.3) is 0 Å². The Morgan fingerprint density at radius 3 is 2.50 bits per heavy atom. The predicted octanol–water partition coefficient (Wildman–Crippen LogP) is -1.94. The molecule has 0 spiro atoms. The zero-order chi connectivity index (χ0) is 15.3. The maximum absolute atomic E-state index is 9.69. The van der Waals surface area contributed by atoms with E-state index in [4.69, 9.17) is 5.84 Å². The number of hydrogen-bond acceptors (Lipinski definition) is 8. The molecule has 5 atom stereocenters. The number of nitrogens with two attached hydrogens (primary N) is 1. The van der Waals surface area contributed by atoms with Crippen molar-refractivity contribution in [3.63, 3.8) is 0 Å². The summed E-state index contributed by atoms with van der Waals surface area (Å²) in [6, 6.07) is 0.169. The predicted molar refractivity (Wildman–Crippen MR) is 86.1 cm³/mol. The van der Waals surface area contributed by atoms with E-state index >= 15 is 0 Å². The Labute approximate surface area is 125 Å². The fourth-order valence-electron chi connectivity index (χ4n) is 2.86. The van der Waals surface area contributed by atoms with Gasteiger partial charge in [-0.15, -0.1) is 0 Å². The van der Waals surface area contributed by atoms with Crippen molar-refractivity contribution >= 4 is 18.5 Å². The van der Waals surface area contributed by atoms with Crippen LogP contribution in [0.15, 0.2) is 4.99 Å². The summed E-state index contributed by atoms with van der Waals surface area (Å²) in [6.07, 6.45) is -0.517. The van der Waals surface area contributed by atoms with E-state index in [9.17, 15) is 5.11 Å². The molecule has 0 aliphatic heterocycles. The van der Waals surface area contributed by atoms with Crippen LogP contribution < -0.4 is 21.8 Å². The van der Waals surface area contributed by atoms with Gasteiger partial charge in [-0.2, -0.15) is 11.8 Å². The Morgan fingerprint density at radius 1 is 1.50 bits per heavy atom. The number of likely N-dealkylation sites (N-methyl/N-ethyl adjacent to an activating group) is 2. The zero-order valence-corrected chi connectivity index (χ0v) is 13.6. The molecule has 1 aliphatic carbocycles. The molecular formula is C12H28N6OS. The van der Waals surface area contributed by atoms with Gasteiger partial charge in [0.05, 0.1) is 17.6 Å². The van der Waals surface area contributed by atoms with Gasteiger partial charge in [-0.1, -0.05) is 0 Å². The standard InChI is InChI=1S/C12H28N6OS/c1-14-6-8(20-7-9(19)15-2)12(17-4)10(16-3)11(12)18(5)13/h8-11,14-15,17,19H,3,6-7,13H2,1-2,4-5H3/t8?,9?,10?,11?,12-/m0/s1. The first-order chi connectivity index (χ1) is 9.49. The number of thioether (sulfide) groups is 1. The second-order valence-corrected chi connectivity index (χ2v) is 6.34. The van der Waals surface area contributed by atoms with E-state index in [1.807, 2.05) is 21.1 Å². The van der Waals surface area contributed by atoms with E-state index in [0.717, 1.165) is 6.54 Å². The van der Waals surface area contributed by atoms with Gasteiger partial charge in [0, 0.05) is 24.6 Å². The molecule has 0 radical (unpaired) electrons. The molecule has 8 heteroatoms. The SMILES string of the molecule is C=NC1C(N(C)N)[C@]1(NC)C(CNC)SCC(O)NC. The Bertz CT molecular complexity index is 318. The fraction of sp³-hybridized carbons (Fsp3) is 0.917. The van der Waals surface area contributed by atoms with Crippen LogP contribution >= 0.6 is 11.8 Å². The Hall–Kier alpha value is -0.220. The summed E-state index contributed by atoms with van der Waals surface area (Å²) in [5, 5.41) is 21.1. The first-order valence-corrected chi connectivity index (χ1v) is 7.78. The molecule has 1 rings (SSSR count). The lowest BCUT2D eigenvalue weighted by molar-refractivity contribution is 0.171. The molecule has 0 aromatic rings. The summed E-state index contributed by atoms with van der Waals surface area (Å²) in [5.41, 5.74) is -0.216. The minimum Gasteiger partial charge on any atom is -0.378 e. The molecule has 20 heavy (non-hydrogen) atoms. The van der Waals surface area contributed by atoms with E-state index in [2.05, 4.69) is 27.7 Å². The van der Waals surface area contributed by atoms with Crippen molar-refractivity contribution in [1.82, 2.24) is 21.0 Å². The van der Waals surface area contributed by atoms with Crippen LogP contribution in [0.3, 0.4) is 0 Å². The second kappa shape index (κ2) is 7.69. The zero-order valence-electron chi connectivity index (χ0n) is 12.8. The van der Waals surface area contributed by atoms with Crippen molar-refractivity contribution in [3.8, 4) is 0 Å². The number of hydrogen-bond donors (Lipinski definition) is 5. The smallest absolute Gasteiger partial charge is 0.113 e. The van der Waals surface area contributed by atoms with Crippen molar-refractivity contribution in [3.05, 3.63) is 0 Å². The van der Waals surface area contributed by atoms with Gasteiger partial charge in [-0.05, 0) is 27.9 Å². The van der Waals surface area contributed by atoms with Crippen molar-refractivity contribution < 1.29 is 5.11 Å². The van der Waals surface area contributed by atoms with Gasteiger partial charge in [0.2, 0.25) is 0 Å². The first kappa shape index (κ1) is 17.8. The molecule has 0 bridgehead atoms. The molecule has 6 N–H and O–H groups in total. The lowest BCUT2D eigenvalue weighted by atomic mass is 10.1. The number of aliphatic hydroxyl groups is 1. The highest BCUT2D eigenvalue weighted by molar-refractivity contribution is 8.00. The highest BCUT2D eigenvalue weighted by Crippen LogP contribution is 2.48. The highest BCUT2D eigenvalue weighted by Gasteiger charge is 2.69. The van der Waals surface area contributed by atoms with Gasteiger partial charge in [-0.25, -0.2) is 5.01 Å². The van der Waals surface area contributed by atoms with Crippen LogP contribution in [-0.2, 0) is 0 Å². The Balaban J connectivity index is 2.84. The average molecular weight is 304 g/mol. The van der Waals surface area contributed by atoms with Crippen molar-refractivity contribution in [2.24, 2.45) is 10.8 Å². The van der Waals surface area contributed by atoms with Crippen LogP contribution in [0.5, 0.6) is 0 Å². The maximum atomic E-state index is 9.69. The molecule has 7 nitrogen and oxygen atoms in total. The van der Waals surface area contributed by atoms with E-state index < -0.39 is 6.23 Å². The molecule has 118 valence electrons. The van der Waals surface area contributed by atoms with Crippen LogP contribution in [0.25, 0.3) is 0 Å². The van der Waals surface area contributed by atoms with Gasteiger partial charge in [0.15, 0.2) is 0 Å². The van der Waals surface area contributed by atoms with Gasteiger partial charge in [-0.3, -0.25) is 16.2 Å². The highest BCUT2D eigenvalue weighted by atomic mass is 32.2. The Morgan fingerprint density at radius 2 is 2.15 bits per heavy atom. The maximum Gasteiger partial charge on any atom is 0.113 e. The molecule has 0 heterocycles. The number of nitrogens with zero attached hydrogens (tertiary/aromatic N) is 2. The summed E-state index contributed by atoms with van der Waals surface area (Å²) < 4.78 is 0. The topological polar surface area (TPSA) is 97.9 Å². The fourth-order valence-corrected chi connectivity index (χ4v) is 4.40. The quantitative estimate of drug-likeness (QED) is 0.139. The summed E-state index contributed by atoms with van der Waals surface area (Å²) >= 11 is 1.71. The molecule has 0 aromatic heterocycles. The van der Waals surface area contributed by atoms with Crippen molar-refractivity contribution in [2.75, 3.05) is 40.5 Å². The molecule has 0 aromatic carbocycles. The third-order valence-electron chi connectivity index (χ3n) is 3.95. The van der Waals surface area contributed by atoms with Crippen LogP contribution in [0, 0.1) is 0 Å². The molecular weight excluding hydrogens is 276 g/mol. The molecule has 1 saturated carbocycles. The van der Waals surface area contributed by atoms with E-state index in [0.29, 0.717) is 5.75 Å². The van der Waals surface area contributed by atoms with Crippen LogP contribution in [0.4, 0.5) is 0 Å². The summed E-state index contributed by atoms with van der Waals surface area (Å²) in [7, 11) is 7.45. The lowest BCUT2D eigenvalue weighted by Gasteiger charge is -2.29. The molecule has 0 amide bonds. The van der Waals surface area contributed by atoms with Gasteiger partial charge >= 0.3 is 0 Å². The van der Waals surface area contributed by atoms with Gasteiger partial charge < -0.3 is 15.7 Å². The minimum atomic E-state index is -0.517. The van der Waals surface area contributed by atoms with Gasteiger partial charge in [0.1, 0.15) is 6.23 Å². The number of hydrazine groups is 1. The largest absolute Gasteiger partial charge is 0.378 e. The third kappa shape index (κ3) is 3.33. The van der Waals surface area contributed by atoms with Crippen LogP contribution in [-0.4, -0.2) is 86.4 Å². The summed E-state index contributed by atoms with van der Waals surface area (Å²) in [6.45, 7) is 4.49. The molecule has 4 unspecified atom stereocenters. The summed E-state index contributed by atoms with van der Waals surface area (Å²) in [5.74, 6) is 6.55. The number of rotatable bonds is 10. The number of nitrogens with one attached hydrogen (secondary N) is 3. The lowest BCUT2D eigenvalue weighted by Crippen LogP contribution is -2.51. The van der Waals surface area contributed by atoms with Crippen LogP contribution in [0.1, 0.15) is 0 Å². The van der Waals surface area contributed by atoms with Crippen LogP contribution in [0.2, 0.25) is 0 Å². The Kier molecular flexibility index (Phi) is 6.86. The minimum absolute atomic E-state index is 0.0556. The molecule has 0 saturated heterocycles. The van der Waals surface area contributed by atoms with E-state index in [-0.39, 0.29) is 22.9 Å². The second-order valence-electron chi connectivity index (χ2n) is 5.10. The monoisotopic (exact) mass is 304 g/mol. The molecule has 1 aliphatic rings. The normalized spacial score (nSPS) is 32.1. The molecule has 1 fully saturated rings. The van der Waals surface area contributed by atoms with E-state index in [1.54, 1.807) is 23.8 Å². The van der Waals surface area contributed by atoms with Crippen molar-refractivity contribution in [2.45, 2.75) is 29.1 Å². The third-order valence-corrected chi connectivity index (χ3v) is 5.42. The first-order valence-electron chi connectivity index (χ1n) is 6.73. The summed E-state index contributed by atoms with van der Waals surface area (Å²) in [4.78, 5) is 4.22. The average Bonchev–Trinajstić information content (AvgIpc) is 3.12.